The molecule has 16 heavy (non-hydrogen) atoms. The average molecular weight is 218 g/mol. The molecule has 5 heteroatoms. The molecule has 0 radical (unpaired) electrons. The summed E-state index contributed by atoms with van der Waals surface area (Å²) in [4.78, 5) is 16.0. The van der Waals surface area contributed by atoms with Crippen LogP contribution in [0.25, 0.3) is 5.65 Å². The zero-order valence-corrected chi connectivity index (χ0v) is 9.34. The van der Waals surface area contributed by atoms with Crippen LogP contribution in [-0.2, 0) is 0 Å². The second-order valence-corrected chi connectivity index (χ2v) is 3.73. The lowest BCUT2D eigenvalue weighted by molar-refractivity contribution is 0.0940. The highest BCUT2D eigenvalue weighted by atomic mass is 16.1. The largest absolute Gasteiger partial charge is 0.349 e. The van der Waals surface area contributed by atoms with Gasteiger partial charge in [-0.05, 0) is 19.4 Å². The number of carbonyl (C=O) groups excluding carboxylic acids is 1. The van der Waals surface area contributed by atoms with Crippen LogP contribution < -0.4 is 5.32 Å². The van der Waals surface area contributed by atoms with Crippen molar-refractivity contribution in [2.45, 2.75) is 26.3 Å². The maximum Gasteiger partial charge on any atom is 0.256 e. The predicted molar refractivity (Wildman–Crippen MR) is 60.2 cm³/mol. The van der Waals surface area contributed by atoms with Gasteiger partial charge in [-0.2, -0.15) is 5.10 Å². The van der Waals surface area contributed by atoms with Crippen molar-refractivity contribution in [1.29, 1.82) is 0 Å². The number of amides is 1. The minimum absolute atomic E-state index is 0.122. The van der Waals surface area contributed by atoms with E-state index >= 15 is 0 Å². The zero-order valence-electron chi connectivity index (χ0n) is 9.34. The van der Waals surface area contributed by atoms with Crippen molar-refractivity contribution < 1.29 is 4.79 Å². The second kappa shape index (κ2) is 4.30. The van der Waals surface area contributed by atoms with Crippen LogP contribution in [-0.4, -0.2) is 26.5 Å². The summed E-state index contributed by atoms with van der Waals surface area (Å²) < 4.78 is 1.59. The summed E-state index contributed by atoms with van der Waals surface area (Å²) in [5.74, 6) is -0.122. The Morgan fingerprint density at radius 1 is 1.62 bits per heavy atom. The second-order valence-electron chi connectivity index (χ2n) is 3.73. The Hall–Kier alpha value is -1.91. The van der Waals surface area contributed by atoms with E-state index in [0.717, 1.165) is 6.42 Å². The molecule has 1 amide bonds. The van der Waals surface area contributed by atoms with Crippen LogP contribution in [0.2, 0.25) is 0 Å². The smallest absolute Gasteiger partial charge is 0.256 e. The van der Waals surface area contributed by atoms with E-state index in [1.807, 2.05) is 13.8 Å². The molecule has 5 nitrogen and oxygen atoms in total. The topological polar surface area (TPSA) is 59.3 Å². The highest BCUT2D eigenvalue weighted by Crippen LogP contribution is 2.07. The first-order valence-electron chi connectivity index (χ1n) is 5.31. The summed E-state index contributed by atoms with van der Waals surface area (Å²) in [5, 5.41) is 6.96. The highest BCUT2D eigenvalue weighted by Gasteiger charge is 2.14. The summed E-state index contributed by atoms with van der Waals surface area (Å²) >= 11 is 0. The quantitative estimate of drug-likeness (QED) is 0.843. The summed E-state index contributed by atoms with van der Waals surface area (Å²) in [6.07, 6.45) is 5.86. The van der Waals surface area contributed by atoms with Gasteiger partial charge in [0.2, 0.25) is 0 Å². The van der Waals surface area contributed by atoms with Gasteiger partial charge in [-0.15, -0.1) is 0 Å². The molecule has 1 atom stereocenters. The van der Waals surface area contributed by atoms with Gasteiger partial charge in [0.15, 0.2) is 5.65 Å². The van der Waals surface area contributed by atoms with E-state index in [2.05, 4.69) is 15.4 Å². The molecule has 2 rings (SSSR count). The van der Waals surface area contributed by atoms with Gasteiger partial charge in [-0.1, -0.05) is 6.92 Å². The molecule has 2 aromatic heterocycles. The van der Waals surface area contributed by atoms with E-state index in [4.69, 9.17) is 0 Å². The maximum absolute atomic E-state index is 11.9. The molecule has 0 aliphatic rings. The molecular weight excluding hydrogens is 204 g/mol. The maximum atomic E-state index is 11.9. The zero-order chi connectivity index (χ0) is 11.5. The van der Waals surface area contributed by atoms with E-state index in [0.29, 0.717) is 11.2 Å². The van der Waals surface area contributed by atoms with E-state index in [1.54, 1.807) is 29.2 Å². The van der Waals surface area contributed by atoms with Gasteiger partial charge in [0.05, 0.1) is 6.20 Å². The molecule has 0 aliphatic heterocycles. The summed E-state index contributed by atoms with van der Waals surface area (Å²) in [6, 6.07) is 1.93. The standard InChI is InChI=1S/C11H14N4O/c1-3-8(2)14-11(16)9-7-13-15-6-4-5-12-10(9)15/h4-8H,3H2,1-2H3,(H,14,16). The van der Waals surface area contributed by atoms with Crippen molar-refractivity contribution in [3.63, 3.8) is 0 Å². The molecule has 1 N–H and O–H groups in total. The van der Waals surface area contributed by atoms with Crippen LogP contribution in [0.3, 0.4) is 0 Å². The lowest BCUT2D eigenvalue weighted by atomic mass is 10.2. The van der Waals surface area contributed by atoms with Gasteiger partial charge in [0.1, 0.15) is 5.56 Å². The first-order valence-corrected chi connectivity index (χ1v) is 5.31. The summed E-state index contributed by atoms with van der Waals surface area (Å²) in [5.41, 5.74) is 1.10. The molecule has 0 saturated heterocycles. The van der Waals surface area contributed by atoms with Crippen LogP contribution in [0, 0.1) is 0 Å². The number of nitrogens with zero attached hydrogens (tertiary/aromatic N) is 3. The van der Waals surface area contributed by atoms with Gasteiger partial charge < -0.3 is 5.32 Å². The Morgan fingerprint density at radius 3 is 3.19 bits per heavy atom. The lowest BCUT2D eigenvalue weighted by Crippen LogP contribution is -2.31. The van der Waals surface area contributed by atoms with E-state index in [9.17, 15) is 4.79 Å². The number of fused-ring (bicyclic) bond motifs is 1. The molecule has 84 valence electrons. The molecular formula is C11H14N4O. The normalized spacial score (nSPS) is 12.6. The molecule has 0 fully saturated rings. The number of carbonyl (C=O) groups is 1. The van der Waals surface area contributed by atoms with Gasteiger partial charge in [-0.25, -0.2) is 9.50 Å². The third-order valence-corrected chi connectivity index (χ3v) is 2.51. The number of nitrogens with one attached hydrogen (secondary N) is 1. The lowest BCUT2D eigenvalue weighted by Gasteiger charge is -2.09. The Labute approximate surface area is 93.5 Å². The van der Waals surface area contributed by atoms with Crippen molar-refractivity contribution in [2.75, 3.05) is 0 Å². The van der Waals surface area contributed by atoms with Crippen molar-refractivity contribution in [1.82, 2.24) is 19.9 Å². The fraction of sp³-hybridized carbons (Fsp3) is 0.364. The predicted octanol–water partition coefficient (Wildman–Crippen LogP) is 1.26. The van der Waals surface area contributed by atoms with Gasteiger partial charge in [-0.3, -0.25) is 4.79 Å². The molecule has 0 bridgehead atoms. The minimum atomic E-state index is -0.122. The SMILES string of the molecule is CCC(C)NC(=O)c1cnn2cccnc12. The third kappa shape index (κ3) is 1.88. The van der Waals surface area contributed by atoms with Gasteiger partial charge in [0.25, 0.3) is 5.91 Å². The van der Waals surface area contributed by atoms with Crippen molar-refractivity contribution >= 4 is 11.6 Å². The Bertz CT molecular complexity index is 505. The van der Waals surface area contributed by atoms with Crippen LogP contribution in [0.5, 0.6) is 0 Å². The first-order chi connectivity index (χ1) is 7.72. The van der Waals surface area contributed by atoms with Crippen LogP contribution in [0.4, 0.5) is 0 Å². The van der Waals surface area contributed by atoms with E-state index < -0.39 is 0 Å². The fourth-order valence-corrected chi connectivity index (χ4v) is 1.39. The Balaban J connectivity index is 2.30. The molecule has 1 unspecified atom stereocenters. The Morgan fingerprint density at radius 2 is 2.44 bits per heavy atom. The van der Waals surface area contributed by atoms with Crippen LogP contribution in [0.15, 0.2) is 24.7 Å². The molecule has 0 saturated carbocycles. The average Bonchev–Trinajstić information content (AvgIpc) is 2.72. The molecule has 0 aromatic carbocycles. The molecule has 2 heterocycles. The fourth-order valence-electron chi connectivity index (χ4n) is 1.39. The third-order valence-electron chi connectivity index (χ3n) is 2.51. The van der Waals surface area contributed by atoms with Crippen molar-refractivity contribution in [2.24, 2.45) is 0 Å². The van der Waals surface area contributed by atoms with Crippen molar-refractivity contribution in [3.05, 3.63) is 30.2 Å². The highest BCUT2D eigenvalue weighted by molar-refractivity contribution is 5.99. The Kier molecular flexibility index (Phi) is 2.85. The number of aromatic nitrogens is 3. The van der Waals surface area contributed by atoms with Gasteiger partial charge in [0, 0.05) is 18.4 Å². The minimum Gasteiger partial charge on any atom is -0.349 e. The monoisotopic (exact) mass is 218 g/mol. The van der Waals surface area contributed by atoms with E-state index in [1.165, 1.54) is 0 Å². The molecule has 0 aliphatic carbocycles. The van der Waals surface area contributed by atoms with Crippen LogP contribution in [0.1, 0.15) is 30.6 Å². The molecule has 0 spiro atoms. The summed E-state index contributed by atoms with van der Waals surface area (Å²) in [7, 11) is 0. The molecule has 2 aromatic rings. The van der Waals surface area contributed by atoms with Gasteiger partial charge >= 0.3 is 0 Å². The van der Waals surface area contributed by atoms with E-state index in [-0.39, 0.29) is 11.9 Å². The number of hydrogen-bond acceptors (Lipinski definition) is 3. The number of hydrogen-bond donors (Lipinski definition) is 1. The summed E-state index contributed by atoms with van der Waals surface area (Å²) in [6.45, 7) is 4.00. The first kappa shape index (κ1) is 10.6. The number of rotatable bonds is 3. The van der Waals surface area contributed by atoms with Crippen molar-refractivity contribution in [3.8, 4) is 0 Å². The van der Waals surface area contributed by atoms with Crippen LogP contribution >= 0.6 is 0 Å².